The maximum atomic E-state index is 12.7. The van der Waals surface area contributed by atoms with E-state index in [4.69, 9.17) is 4.74 Å². The van der Waals surface area contributed by atoms with E-state index in [9.17, 15) is 23.3 Å². The number of anilines is 1. The molecular weight excluding hydrogens is 452 g/mol. The van der Waals surface area contributed by atoms with E-state index in [-0.39, 0.29) is 27.1 Å². The number of hydrogen-bond acceptors (Lipinski definition) is 7. The number of sulfone groups is 1. The van der Waals surface area contributed by atoms with Crippen LogP contribution >= 0.6 is 11.8 Å². The van der Waals surface area contributed by atoms with Gasteiger partial charge in [0, 0.05) is 22.7 Å². The van der Waals surface area contributed by atoms with Crippen LogP contribution in [0.5, 0.6) is 5.75 Å². The molecule has 166 valence electrons. The molecule has 0 aliphatic carbocycles. The van der Waals surface area contributed by atoms with Gasteiger partial charge in [-0.05, 0) is 67.6 Å². The first-order chi connectivity index (χ1) is 15.3. The summed E-state index contributed by atoms with van der Waals surface area (Å²) in [6.45, 7) is 2.49. The van der Waals surface area contributed by atoms with Gasteiger partial charge >= 0.3 is 0 Å². The molecule has 0 bridgehead atoms. The minimum Gasteiger partial charge on any atom is -0.494 e. The van der Waals surface area contributed by atoms with Gasteiger partial charge in [0.1, 0.15) is 5.75 Å². The maximum absolute atomic E-state index is 12.7. The van der Waals surface area contributed by atoms with E-state index in [1.165, 1.54) is 48.2 Å². The van der Waals surface area contributed by atoms with Crippen molar-refractivity contribution in [3.63, 3.8) is 0 Å². The molecule has 3 rings (SSSR count). The van der Waals surface area contributed by atoms with E-state index >= 15 is 0 Å². The molecule has 0 aliphatic rings. The Labute approximate surface area is 189 Å². The summed E-state index contributed by atoms with van der Waals surface area (Å²) in [7, 11) is -3.83. The van der Waals surface area contributed by atoms with Gasteiger partial charge in [-0.1, -0.05) is 0 Å². The number of thioether (sulfide) groups is 1. The van der Waals surface area contributed by atoms with Crippen LogP contribution in [0.3, 0.4) is 0 Å². The first-order valence-corrected chi connectivity index (χ1v) is 12.0. The molecule has 0 atom stereocenters. The number of benzene rings is 3. The Balaban J connectivity index is 1.59. The van der Waals surface area contributed by atoms with Crippen molar-refractivity contribution in [1.82, 2.24) is 0 Å². The minimum absolute atomic E-state index is 0.0214. The van der Waals surface area contributed by atoms with Gasteiger partial charge in [-0.2, -0.15) is 0 Å². The maximum Gasteiger partial charge on any atom is 0.269 e. The van der Waals surface area contributed by atoms with Crippen LogP contribution in [0.2, 0.25) is 0 Å². The van der Waals surface area contributed by atoms with Crippen molar-refractivity contribution >= 4 is 38.9 Å². The highest BCUT2D eigenvalue weighted by Crippen LogP contribution is 2.25. The molecule has 3 aromatic carbocycles. The second kappa shape index (κ2) is 10.3. The third-order valence-corrected chi connectivity index (χ3v) is 7.11. The number of rotatable bonds is 9. The van der Waals surface area contributed by atoms with E-state index in [2.05, 4.69) is 5.32 Å². The Morgan fingerprint density at radius 1 is 0.969 bits per heavy atom. The summed E-state index contributed by atoms with van der Waals surface area (Å²) >= 11 is 1.37. The Bertz CT molecular complexity index is 1190. The highest BCUT2D eigenvalue weighted by atomic mass is 32.2. The van der Waals surface area contributed by atoms with E-state index in [0.717, 1.165) is 22.8 Å². The van der Waals surface area contributed by atoms with Gasteiger partial charge in [0.2, 0.25) is 15.7 Å². The fourth-order valence-electron chi connectivity index (χ4n) is 2.75. The molecule has 0 unspecified atom stereocenters. The lowest BCUT2D eigenvalue weighted by Crippen LogP contribution is -2.14. The molecule has 0 spiro atoms. The number of carbonyl (C=O) groups is 1. The van der Waals surface area contributed by atoms with Crippen LogP contribution in [0.1, 0.15) is 6.92 Å². The number of nitrogens with zero attached hydrogens (tertiary/aromatic N) is 1. The topological polar surface area (TPSA) is 116 Å². The standard InChI is InChI=1S/C22H20N2O6S2/c1-2-30-18-7-9-19(10-8-18)31-15-22(25)23-16-3-11-20(12-4-16)32(28,29)21-13-5-17(6-14-21)24(26)27/h3-14H,2,15H2,1H3,(H,23,25). The Hall–Kier alpha value is -3.37. The summed E-state index contributed by atoms with van der Waals surface area (Å²) in [5, 5.41) is 13.5. The van der Waals surface area contributed by atoms with Crippen LogP contribution in [0.4, 0.5) is 11.4 Å². The smallest absolute Gasteiger partial charge is 0.269 e. The number of nitro groups is 1. The predicted octanol–water partition coefficient (Wildman–Crippen LogP) is 4.56. The van der Waals surface area contributed by atoms with Crippen molar-refractivity contribution in [3.05, 3.63) is 82.9 Å². The minimum atomic E-state index is -3.83. The van der Waals surface area contributed by atoms with E-state index in [1.54, 1.807) is 0 Å². The van der Waals surface area contributed by atoms with Gasteiger partial charge < -0.3 is 10.1 Å². The zero-order valence-corrected chi connectivity index (χ0v) is 18.7. The average molecular weight is 473 g/mol. The van der Waals surface area contributed by atoms with Crippen molar-refractivity contribution in [2.45, 2.75) is 21.6 Å². The summed E-state index contributed by atoms with van der Waals surface area (Å²) in [6.07, 6.45) is 0. The predicted molar refractivity (Wildman–Crippen MR) is 122 cm³/mol. The van der Waals surface area contributed by atoms with Crippen LogP contribution in [0.25, 0.3) is 0 Å². The zero-order chi connectivity index (χ0) is 23.1. The fourth-order valence-corrected chi connectivity index (χ4v) is 4.70. The zero-order valence-electron chi connectivity index (χ0n) is 17.1. The second-order valence-corrected chi connectivity index (χ2v) is 9.52. The molecule has 0 aromatic heterocycles. The molecule has 0 radical (unpaired) electrons. The average Bonchev–Trinajstić information content (AvgIpc) is 2.79. The van der Waals surface area contributed by atoms with Crippen molar-refractivity contribution < 1.29 is 22.9 Å². The van der Waals surface area contributed by atoms with Crippen LogP contribution < -0.4 is 10.1 Å². The van der Waals surface area contributed by atoms with Crippen molar-refractivity contribution in [2.24, 2.45) is 0 Å². The molecule has 3 aromatic rings. The molecule has 0 fully saturated rings. The van der Waals surface area contributed by atoms with Crippen LogP contribution in [-0.4, -0.2) is 31.6 Å². The van der Waals surface area contributed by atoms with Crippen LogP contribution in [0.15, 0.2) is 87.5 Å². The molecule has 1 N–H and O–H groups in total. The monoisotopic (exact) mass is 472 g/mol. The number of carbonyl (C=O) groups excluding carboxylic acids is 1. The molecule has 10 heteroatoms. The largest absolute Gasteiger partial charge is 0.494 e. The van der Waals surface area contributed by atoms with Crippen molar-refractivity contribution in [2.75, 3.05) is 17.7 Å². The molecular formula is C22H20N2O6S2. The highest BCUT2D eigenvalue weighted by molar-refractivity contribution is 8.00. The quantitative estimate of drug-likeness (QED) is 0.276. The van der Waals surface area contributed by atoms with Crippen LogP contribution in [-0.2, 0) is 14.6 Å². The van der Waals surface area contributed by atoms with Crippen molar-refractivity contribution in [1.29, 1.82) is 0 Å². The molecule has 8 nitrogen and oxygen atoms in total. The molecule has 32 heavy (non-hydrogen) atoms. The summed E-state index contributed by atoms with van der Waals surface area (Å²) in [6, 6.07) is 17.9. The number of nitrogens with one attached hydrogen (secondary N) is 1. The number of ether oxygens (including phenoxy) is 1. The first-order valence-electron chi connectivity index (χ1n) is 9.54. The first kappa shape index (κ1) is 23.3. The van der Waals surface area contributed by atoms with Gasteiger partial charge in [0.05, 0.1) is 27.1 Å². The Kier molecular flexibility index (Phi) is 7.49. The van der Waals surface area contributed by atoms with E-state index in [0.29, 0.717) is 12.3 Å². The lowest BCUT2D eigenvalue weighted by atomic mass is 10.3. The molecule has 0 saturated carbocycles. The normalized spacial score (nSPS) is 11.0. The summed E-state index contributed by atoms with van der Waals surface area (Å²) in [5.74, 6) is 0.733. The molecule has 0 saturated heterocycles. The SMILES string of the molecule is CCOc1ccc(SCC(=O)Nc2ccc(S(=O)(=O)c3ccc([N+](=O)[O-])cc3)cc2)cc1. The number of amides is 1. The second-order valence-electron chi connectivity index (χ2n) is 6.52. The number of non-ortho nitro benzene ring substituents is 1. The van der Waals surface area contributed by atoms with E-state index < -0.39 is 14.8 Å². The summed E-state index contributed by atoms with van der Waals surface area (Å²) < 4.78 is 30.8. The van der Waals surface area contributed by atoms with Crippen LogP contribution in [0, 0.1) is 10.1 Å². The molecule has 1 amide bonds. The third-order valence-electron chi connectivity index (χ3n) is 4.31. The van der Waals surface area contributed by atoms with Gasteiger partial charge in [-0.3, -0.25) is 14.9 Å². The summed E-state index contributed by atoms with van der Waals surface area (Å²) in [5.41, 5.74) is 0.273. The van der Waals surface area contributed by atoms with Crippen molar-refractivity contribution in [3.8, 4) is 5.75 Å². The highest BCUT2D eigenvalue weighted by Gasteiger charge is 2.19. The van der Waals surface area contributed by atoms with Gasteiger partial charge in [-0.15, -0.1) is 11.8 Å². The lowest BCUT2D eigenvalue weighted by molar-refractivity contribution is -0.384. The Morgan fingerprint density at radius 2 is 1.53 bits per heavy atom. The van der Waals surface area contributed by atoms with Gasteiger partial charge in [0.25, 0.3) is 5.69 Å². The number of nitro benzene ring substituents is 1. The van der Waals surface area contributed by atoms with E-state index in [1.807, 2.05) is 31.2 Å². The fraction of sp³-hybridized carbons (Fsp3) is 0.136. The molecule has 0 heterocycles. The Morgan fingerprint density at radius 3 is 2.06 bits per heavy atom. The van der Waals surface area contributed by atoms with Gasteiger partial charge in [0.15, 0.2) is 0 Å². The third kappa shape index (κ3) is 5.86. The molecule has 0 aliphatic heterocycles. The summed E-state index contributed by atoms with van der Waals surface area (Å²) in [4.78, 5) is 23.3. The lowest BCUT2D eigenvalue weighted by Gasteiger charge is -2.08. The number of hydrogen-bond donors (Lipinski definition) is 1. The van der Waals surface area contributed by atoms with Gasteiger partial charge in [-0.25, -0.2) is 8.42 Å².